The van der Waals surface area contributed by atoms with Crippen molar-refractivity contribution < 1.29 is 28.7 Å². The molecule has 5 rings (SSSR count). The average molecular weight is 603 g/mol. The van der Waals surface area contributed by atoms with Gasteiger partial charge >= 0.3 is 12.1 Å². The minimum absolute atomic E-state index is 0.0792. The van der Waals surface area contributed by atoms with Gasteiger partial charge in [0.15, 0.2) is 5.84 Å². The van der Waals surface area contributed by atoms with E-state index in [0.29, 0.717) is 16.8 Å². The van der Waals surface area contributed by atoms with Crippen LogP contribution in [0.1, 0.15) is 43.7 Å². The molecule has 0 spiro atoms. The summed E-state index contributed by atoms with van der Waals surface area (Å²) in [6, 6.07) is 24.3. The number of halogens is 1. The van der Waals surface area contributed by atoms with Crippen molar-refractivity contribution in [2.24, 2.45) is 4.99 Å². The van der Waals surface area contributed by atoms with Gasteiger partial charge in [-0.15, -0.1) is 0 Å². The van der Waals surface area contributed by atoms with Gasteiger partial charge in [0.25, 0.3) is 0 Å². The van der Waals surface area contributed by atoms with Gasteiger partial charge in [0.1, 0.15) is 17.5 Å². The van der Waals surface area contributed by atoms with E-state index < -0.39 is 35.8 Å². The summed E-state index contributed by atoms with van der Waals surface area (Å²) in [6.07, 6.45) is -1.21. The highest BCUT2D eigenvalue weighted by atomic mass is 32.2. The number of nitrogens with zero attached hydrogens (tertiary/aromatic N) is 1. The number of carboxylic acid groups (broad SMARTS) is 1. The van der Waals surface area contributed by atoms with Crippen molar-refractivity contribution in [3.63, 3.8) is 0 Å². The predicted molar refractivity (Wildman–Crippen MR) is 164 cm³/mol. The van der Waals surface area contributed by atoms with Crippen LogP contribution >= 0.6 is 11.9 Å². The van der Waals surface area contributed by atoms with Crippen molar-refractivity contribution in [1.82, 2.24) is 10.2 Å². The van der Waals surface area contributed by atoms with Crippen LogP contribution in [0.2, 0.25) is 0 Å². The molecule has 222 valence electrons. The Morgan fingerprint density at radius 2 is 1.79 bits per heavy atom. The van der Waals surface area contributed by atoms with Crippen molar-refractivity contribution in [1.29, 1.82) is 0 Å². The van der Waals surface area contributed by atoms with E-state index >= 15 is 4.39 Å². The number of amidine groups is 1. The summed E-state index contributed by atoms with van der Waals surface area (Å²) in [7, 11) is 0. The highest BCUT2D eigenvalue weighted by molar-refractivity contribution is 7.97. The number of carboxylic acids is 1. The molecule has 2 unspecified atom stereocenters. The van der Waals surface area contributed by atoms with Crippen molar-refractivity contribution in [2.45, 2.75) is 50.0 Å². The lowest BCUT2D eigenvalue weighted by Gasteiger charge is -2.19. The molecule has 43 heavy (non-hydrogen) atoms. The second-order valence-electron chi connectivity index (χ2n) is 10.9. The molecule has 9 nitrogen and oxygen atoms in total. The van der Waals surface area contributed by atoms with Gasteiger partial charge in [-0.2, -0.15) is 0 Å². The van der Waals surface area contributed by atoms with Gasteiger partial charge in [0, 0.05) is 16.1 Å². The summed E-state index contributed by atoms with van der Waals surface area (Å²) >= 11 is 1.23. The minimum Gasteiger partial charge on any atom is -0.480 e. The van der Waals surface area contributed by atoms with E-state index in [0.717, 1.165) is 15.7 Å². The van der Waals surface area contributed by atoms with E-state index in [1.54, 1.807) is 57.2 Å². The fourth-order valence-electron chi connectivity index (χ4n) is 4.36. The van der Waals surface area contributed by atoms with Crippen molar-refractivity contribution in [2.75, 3.05) is 5.32 Å². The van der Waals surface area contributed by atoms with E-state index in [4.69, 9.17) is 9.57 Å². The standard InChI is InChI=1S/C32H31FN4O5S/c1-32(2,3)41-31(40)34-23-12-9-21(10-13-23)29-35-28(36-42-29)25-15-8-19(16-26(25)33)17-27(30(38)39)37-43-24-14-11-20-6-4-5-7-22(20)18-24/h4-16,18,27,29,37H,17H2,1-3H3,(H,34,40)(H,35,36)(H,38,39). The summed E-state index contributed by atoms with van der Waals surface area (Å²) in [5.41, 5.74) is 4.00. The molecule has 4 aromatic rings. The number of amides is 1. The molecule has 2 atom stereocenters. The number of hydrogen-bond donors (Lipinski definition) is 4. The molecule has 0 radical (unpaired) electrons. The van der Waals surface area contributed by atoms with Crippen LogP contribution in [0.5, 0.6) is 0 Å². The van der Waals surface area contributed by atoms with E-state index in [-0.39, 0.29) is 17.8 Å². The molecule has 0 fully saturated rings. The zero-order valence-corrected chi connectivity index (χ0v) is 24.6. The van der Waals surface area contributed by atoms with Gasteiger partial charge < -0.3 is 9.84 Å². The lowest BCUT2D eigenvalue weighted by Crippen LogP contribution is -2.34. The molecular weight excluding hydrogens is 571 g/mol. The normalized spacial score (nSPS) is 15.4. The van der Waals surface area contributed by atoms with Crippen LogP contribution in [0.15, 0.2) is 94.8 Å². The zero-order valence-electron chi connectivity index (χ0n) is 23.8. The first kappa shape index (κ1) is 30.0. The third-order valence-corrected chi connectivity index (χ3v) is 7.31. The smallest absolute Gasteiger partial charge is 0.412 e. The fourth-order valence-corrected chi connectivity index (χ4v) is 5.15. The van der Waals surface area contributed by atoms with Crippen LogP contribution in [0.3, 0.4) is 0 Å². The largest absolute Gasteiger partial charge is 0.480 e. The van der Waals surface area contributed by atoms with E-state index in [9.17, 15) is 14.7 Å². The molecule has 11 heteroatoms. The van der Waals surface area contributed by atoms with Crippen LogP contribution in [-0.4, -0.2) is 34.6 Å². The molecule has 1 amide bonds. The van der Waals surface area contributed by atoms with Gasteiger partial charge in [-0.1, -0.05) is 48.5 Å². The van der Waals surface area contributed by atoms with Crippen LogP contribution < -0.4 is 15.5 Å². The summed E-state index contributed by atoms with van der Waals surface area (Å²) in [5, 5.41) is 14.6. The first-order chi connectivity index (χ1) is 20.5. The van der Waals surface area contributed by atoms with Crippen molar-refractivity contribution in [3.8, 4) is 0 Å². The summed E-state index contributed by atoms with van der Waals surface area (Å²) in [5.74, 6) is -1.39. The fraction of sp³-hybridized carbons (Fsp3) is 0.219. The van der Waals surface area contributed by atoms with Gasteiger partial charge in [-0.05, 0) is 91.9 Å². The maximum absolute atomic E-state index is 15.2. The van der Waals surface area contributed by atoms with E-state index in [2.05, 4.69) is 20.5 Å². The second-order valence-corrected chi connectivity index (χ2v) is 11.8. The highest BCUT2D eigenvalue weighted by Crippen LogP contribution is 2.27. The number of hydroxylamine groups is 1. The number of benzene rings is 4. The first-order valence-electron chi connectivity index (χ1n) is 13.6. The molecule has 0 saturated heterocycles. The topological polar surface area (TPSA) is 121 Å². The first-order valence-corrected chi connectivity index (χ1v) is 14.4. The Kier molecular flexibility index (Phi) is 8.95. The molecule has 1 aliphatic heterocycles. The Balaban J connectivity index is 1.21. The number of carbonyl (C=O) groups is 2. The second kappa shape index (κ2) is 12.8. The summed E-state index contributed by atoms with van der Waals surface area (Å²) in [6.45, 7) is 5.34. The Morgan fingerprint density at radius 1 is 1.05 bits per heavy atom. The maximum atomic E-state index is 15.2. The SMILES string of the molecule is CC(C)(C)OC(=O)Nc1ccc(C2N=C(c3ccc(CC(NSc4ccc5ccccc5c4)C(=O)O)cc3F)NO2)cc1. The average Bonchev–Trinajstić information content (AvgIpc) is 3.44. The highest BCUT2D eigenvalue weighted by Gasteiger charge is 2.24. The number of rotatable bonds is 9. The molecule has 0 saturated carbocycles. The number of aliphatic imine (C=N–C) groups is 1. The van der Waals surface area contributed by atoms with Gasteiger partial charge in [0.05, 0.1) is 5.56 Å². The Labute approximate surface area is 252 Å². The Hall–Kier alpha value is -4.45. The molecule has 1 heterocycles. The summed E-state index contributed by atoms with van der Waals surface area (Å²) < 4.78 is 23.4. The summed E-state index contributed by atoms with van der Waals surface area (Å²) in [4.78, 5) is 34.8. The van der Waals surface area contributed by atoms with Gasteiger partial charge in [-0.3, -0.25) is 10.1 Å². The monoisotopic (exact) mass is 602 g/mol. The third kappa shape index (κ3) is 7.89. The van der Waals surface area contributed by atoms with Gasteiger partial charge in [0.2, 0.25) is 6.23 Å². The number of fused-ring (bicyclic) bond motifs is 1. The van der Waals surface area contributed by atoms with Crippen LogP contribution in [0.25, 0.3) is 10.8 Å². The minimum atomic E-state index is -1.04. The quantitative estimate of drug-likeness (QED) is 0.158. The molecule has 4 aromatic carbocycles. The zero-order chi connectivity index (χ0) is 30.6. The number of ether oxygens (including phenoxy) is 1. The number of hydrogen-bond acceptors (Lipinski definition) is 8. The third-order valence-electron chi connectivity index (χ3n) is 6.42. The van der Waals surface area contributed by atoms with E-state index in [1.807, 2.05) is 42.5 Å². The van der Waals surface area contributed by atoms with Gasteiger partial charge in [-0.25, -0.2) is 29.2 Å². The van der Waals surface area contributed by atoms with E-state index in [1.165, 1.54) is 18.0 Å². The predicted octanol–water partition coefficient (Wildman–Crippen LogP) is 6.60. The maximum Gasteiger partial charge on any atom is 0.412 e. The molecule has 0 aromatic heterocycles. The van der Waals surface area contributed by atoms with Crippen molar-refractivity contribution in [3.05, 3.63) is 107 Å². The number of carbonyl (C=O) groups excluding carboxylic acids is 1. The lowest BCUT2D eigenvalue weighted by molar-refractivity contribution is -0.138. The Morgan fingerprint density at radius 3 is 2.49 bits per heavy atom. The molecular formula is C32H31FN4O5S. The molecule has 1 aliphatic rings. The van der Waals surface area contributed by atoms with Crippen LogP contribution in [0, 0.1) is 5.82 Å². The molecule has 0 bridgehead atoms. The lowest BCUT2D eigenvalue weighted by atomic mass is 10.0. The van der Waals surface area contributed by atoms with Crippen molar-refractivity contribution >= 4 is 46.3 Å². The number of anilines is 1. The van der Waals surface area contributed by atoms with Crippen LogP contribution in [0.4, 0.5) is 14.9 Å². The molecule has 4 N–H and O–H groups in total. The number of aliphatic carboxylic acids is 1. The Bertz CT molecular complexity index is 1670. The molecule has 0 aliphatic carbocycles. The van der Waals surface area contributed by atoms with Crippen LogP contribution in [-0.2, 0) is 20.8 Å². The number of nitrogens with one attached hydrogen (secondary N) is 3.